The van der Waals surface area contributed by atoms with E-state index in [0.717, 1.165) is 56.4 Å². The monoisotopic (exact) mass is 349 g/mol. The lowest BCUT2D eigenvalue weighted by atomic mass is 9.91. The van der Waals surface area contributed by atoms with E-state index in [2.05, 4.69) is 10.1 Å². The van der Waals surface area contributed by atoms with Crippen LogP contribution in [0, 0.1) is 5.82 Å². The zero-order chi connectivity index (χ0) is 17.8. The standard InChI is InChI=1S/C18H24FN3O3/c1-21(18(23)24)8-2-3-9-22-10-6-13(7-11-22)17-15-5-4-14(19)12-16(15)25-20-17/h4-5,12-13H,2-3,6-11H2,1H3,(H,23,24). The highest BCUT2D eigenvalue weighted by Crippen LogP contribution is 2.32. The lowest BCUT2D eigenvalue weighted by Gasteiger charge is -2.31. The molecule has 0 radical (unpaired) electrons. The Kier molecular flexibility index (Phi) is 5.53. The van der Waals surface area contributed by atoms with Crippen molar-refractivity contribution >= 4 is 17.1 Å². The van der Waals surface area contributed by atoms with Gasteiger partial charge in [0.1, 0.15) is 5.82 Å². The van der Waals surface area contributed by atoms with E-state index in [1.165, 1.54) is 17.0 Å². The molecule has 2 aromatic rings. The molecule has 7 heteroatoms. The van der Waals surface area contributed by atoms with Crippen molar-refractivity contribution in [2.45, 2.75) is 31.6 Å². The predicted molar refractivity (Wildman–Crippen MR) is 92.3 cm³/mol. The number of piperidine rings is 1. The molecule has 0 saturated carbocycles. The van der Waals surface area contributed by atoms with Crippen LogP contribution in [0.3, 0.4) is 0 Å². The molecule has 1 saturated heterocycles. The van der Waals surface area contributed by atoms with Gasteiger partial charge in [-0.3, -0.25) is 0 Å². The zero-order valence-corrected chi connectivity index (χ0v) is 14.4. The van der Waals surface area contributed by atoms with Crippen LogP contribution in [0.15, 0.2) is 22.7 Å². The first kappa shape index (κ1) is 17.7. The maximum absolute atomic E-state index is 13.3. The molecule has 0 bridgehead atoms. The van der Waals surface area contributed by atoms with Crippen LogP contribution in [0.5, 0.6) is 0 Å². The van der Waals surface area contributed by atoms with Crippen LogP contribution >= 0.6 is 0 Å². The summed E-state index contributed by atoms with van der Waals surface area (Å²) < 4.78 is 18.5. The molecule has 136 valence electrons. The van der Waals surface area contributed by atoms with Gasteiger partial charge in [-0.2, -0.15) is 0 Å². The third-order valence-corrected chi connectivity index (χ3v) is 4.98. The van der Waals surface area contributed by atoms with Gasteiger partial charge in [-0.1, -0.05) is 5.16 Å². The fraction of sp³-hybridized carbons (Fsp3) is 0.556. The van der Waals surface area contributed by atoms with Crippen LogP contribution < -0.4 is 0 Å². The highest BCUT2D eigenvalue weighted by molar-refractivity contribution is 5.79. The van der Waals surface area contributed by atoms with Crippen LogP contribution in [0.1, 0.15) is 37.3 Å². The van der Waals surface area contributed by atoms with Crippen LogP contribution in [0.2, 0.25) is 0 Å². The molecule has 25 heavy (non-hydrogen) atoms. The van der Waals surface area contributed by atoms with Crippen molar-refractivity contribution in [3.05, 3.63) is 29.7 Å². The van der Waals surface area contributed by atoms with Crippen molar-refractivity contribution in [2.75, 3.05) is 33.2 Å². The van der Waals surface area contributed by atoms with E-state index in [9.17, 15) is 9.18 Å². The first-order valence-electron chi connectivity index (χ1n) is 8.76. The van der Waals surface area contributed by atoms with Gasteiger partial charge in [-0.05, 0) is 57.5 Å². The summed E-state index contributed by atoms with van der Waals surface area (Å²) in [6, 6.07) is 4.59. The predicted octanol–water partition coefficient (Wildman–Crippen LogP) is 3.54. The van der Waals surface area contributed by atoms with Gasteiger partial charge in [0.05, 0.1) is 5.69 Å². The highest BCUT2D eigenvalue weighted by Gasteiger charge is 2.24. The molecule has 1 aliphatic heterocycles. The topological polar surface area (TPSA) is 69.8 Å². The third kappa shape index (κ3) is 4.28. The number of hydrogen-bond acceptors (Lipinski definition) is 4. The van der Waals surface area contributed by atoms with Crippen molar-refractivity contribution in [3.63, 3.8) is 0 Å². The maximum atomic E-state index is 13.3. The molecule has 0 aliphatic carbocycles. The van der Waals surface area contributed by atoms with Gasteiger partial charge in [0, 0.05) is 31.0 Å². The van der Waals surface area contributed by atoms with Gasteiger partial charge >= 0.3 is 6.09 Å². The van der Waals surface area contributed by atoms with Crippen LogP contribution in [0.25, 0.3) is 11.0 Å². The molecule has 0 atom stereocenters. The van der Waals surface area contributed by atoms with Gasteiger partial charge in [0.2, 0.25) is 0 Å². The number of hydrogen-bond donors (Lipinski definition) is 1. The normalized spacial score (nSPS) is 16.4. The summed E-state index contributed by atoms with van der Waals surface area (Å²) in [5.41, 5.74) is 1.46. The van der Waals surface area contributed by atoms with E-state index in [0.29, 0.717) is 18.0 Å². The van der Waals surface area contributed by atoms with Gasteiger partial charge in [-0.15, -0.1) is 0 Å². The lowest BCUT2D eigenvalue weighted by Crippen LogP contribution is -2.34. The van der Waals surface area contributed by atoms with E-state index in [1.807, 2.05) is 0 Å². The van der Waals surface area contributed by atoms with E-state index in [-0.39, 0.29) is 5.82 Å². The van der Waals surface area contributed by atoms with Gasteiger partial charge < -0.3 is 19.4 Å². The number of nitrogens with zero attached hydrogens (tertiary/aromatic N) is 3. The number of unbranched alkanes of at least 4 members (excludes halogenated alkanes) is 1. The fourth-order valence-electron chi connectivity index (χ4n) is 3.44. The number of amides is 1. The molecule has 0 spiro atoms. The maximum Gasteiger partial charge on any atom is 0.407 e. The average molecular weight is 349 g/mol. The minimum Gasteiger partial charge on any atom is -0.465 e. The summed E-state index contributed by atoms with van der Waals surface area (Å²) in [6.07, 6.45) is 3.01. The van der Waals surface area contributed by atoms with E-state index in [1.54, 1.807) is 13.1 Å². The third-order valence-electron chi connectivity index (χ3n) is 4.98. The summed E-state index contributed by atoms with van der Waals surface area (Å²) in [5, 5.41) is 13.9. The van der Waals surface area contributed by atoms with Crippen molar-refractivity contribution < 1.29 is 18.8 Å². The number of carboxylic acid groups (broad SMARTS) is 1. The van der Waals surface area contributed by atoms with Crippen molar-refractivity contribution in [2.24, 2.45) is 0 Å². The Morgan fingerprint density at radius 2 is 2.16 bits per heavy atom. The Labute approximate surface area is 146 Å². The van der Waals surface area contributed by atoms with Gasteiger partial charge in [-0.25, -0.2) is 9.18 Å². The van der Waals surface area contributed by atoms with Crippen molar-refractivity contribution in [1.29, 1.82) is 0 Å². The molecule has 1 aliphatic rings. The number of benzene rings is 1. The molecule has 1 aromatic heterocycles. The number of fused-ring (bicyclic) bond motifs is 1. The number of rotatable bonds is 6. The SMILES string of the molecule is CN(CCCCN1CCC(c2noc3cc(F)ccc23)CC1)C(=O)O. The van der Waals surface area contributed by atoms with Gasteiger partial charge in [0.25, 0.3) is 0 Å². The van der Waals surface area contributed by atoms with Crippen molar-refractivity contribution in [3.8, 4) is 0 Å². The van der Waals surface area contributed by atoms with E-state index in [4.69, 9.17) is 9.63 Å². The molecule has 1 N–H and O–H groups in total. The number of aromatic nitrogens is 1. The number of likely N-dealkylation sites (tertiary alicyclic amines) is 1. The Morgan fingerprint density at radius 3 is 2.88 bits per heavy atom. The zero-order valence-electron chi connectivity index (χ0n) is 14.4. The summed E-state index contributed by atoms with van der Waals surface area (Å²) in [4.78, 5) is 14.5. The number of carbonyl (C=O) groups is 1. The summed E-state index contributed by atoms with van der Waals surface area (Å²) in [7, 11) is 1.60. The van der Waals surface area contributed by atoms with Gasteiger partial charge in [0.15, 0.2) is 5.58 Å². The Hall–Kier alpha value is -2.15. The molecular weight excluding hydrogens is 325 g/mol. The quantitative estimate of drug-likeness (QED) is 0.808. The second-order valence-corrected chi connectivity index (χ2v) is 6.74. The largest absolute Gasteiger partial charge is 0.465 e. The average Bonchev–Trinajstić information content (AvgIpc) is 3.02. The summed E-state index contributed by atoms with van der Waals surface area (Å²) >= 11 is 0. The second-order valence-electron chi connectivity index (χ2n) is 6.74. The first-order chi connectivity index (χ1) is 12.0. The molecule has 6 nitrogen and oxygen atoms in total. The van der Waals surface area contributed by atoms with Crippen LogP contribution in [0.4, 0.5) is 9.18 Å². The number of halogens is 1. The minimum absolute atomic E-state index is 0.307. The molecular formula is C18H24FN3O3. The summed E-state index contributed by atoms with van der Waals surface area (Å²) in [6.45, 7) is 3.56. The first-order valence-corrected chi connectivity index (χ1v) is 8.76. The Morgan fingerprint density at radius 1 is 1.40 bits per heavy atom. The lowest BCUT2D eigenvalue weighted by molar-refractivity contribution is 0.153. The molecule has 0 unspecified atom stereocenters. The van der Waals surface area contributed by atoms with Crippen LogP contribution in [-0.4, -0.2) is 59.4 Å². The molecule has 2 heterocycles. The fourth-order valence-corrected chi connectivity index (χ4v) is 3.44. The van der Waals surface area contributed by atoms with E-state index >= 15 is 0 Å². The molecule has 1 aromatic carbocycles. The highest BCUT2D eigenvalue weighted by atomic mass is 19.1. The summed E-state index contributed by atoms with van der Waals surface area (Å²) in [5.74, 6) is 0.0414. The second kappa shape index (κ2) is 7.82. The Balaban J connectivity index is 1.46. The van der Waals surface area contributed by atoms with Crippen LogP contribution in [-0.2, 0) is 0 Å². The smallest absolute Gasteiger partial charge is 0.407 e. The molecule has 1 fully saturated rings. The minimum atomic E-state index is -0.875. The molecule has 1 amide bonds. The Bertz CT molecular complexity index is 725. The van der Waals surface area contributed by atoms with Crippen molar-refractivity contribution in [1.82, 2.24) is 15.0 Å². The van der Waals surface area contributed by atoms with E-state index < -0.39 is 6.09 Å². The molecule has 3 rings (SSSR count).